The summed E-state index contributed by atoms with van der Waals surface area (Å²) >= 11 is 0. The average molecular weight is 377 g/mol. The number of likely N-dealkylation sites (N-methyl/N-ethyl adjacent to an activating group) is 1. The van der Waals surface area contributed by atoms with Crippen LogP contribution in [0.3, 0.4) is 0 Å². The summed E-state index contributed by atoms with van der Waals surface area (Å²) in [5.74, 6) is 0.977. The number of rotatable bonds is 9. The number of methoxy groups -OCH3 is 1. The standard InChI is InChI=1S/C19H23NO5S/c1-20(13-14-25-17-10-8-16(24-2)9-11-17)19(21)12-15-26(22,23)18-6-4-3-5-7-18/h3-11H,12-15H2,1-2H3. The number of nitrogens with zero attached hydrogens (tertiary/aromatic N) is 1. The molecule has 0 unspecified atom stereocenters. The van der Waals surface area contributed by atoms with Crippen molar-refractivity contribution in [2.24, 2.45) is 0 Å². The summed E-state index contributed by atoms with van der Waals surface area (Å²) in [7, 11) is -0.224. The molecule has 0 fully saturated rings. The number of hydrogen-bond donors (Lipinski definition) is 0. The van der Waals surface area contributed by atoms with E-state index in [-0.39, 0.29) is 23.0 Å². The maximum absolute atomic E-state index is 12.2. The highest BCUT2D eigenvalue weighted by molar-refractivity contribution is 7.91. The van der Waals surface area contributed by atoms with Crippen LogP contribution < -0.4 is 9.47 Å². The summed E-state index contributed by atoms with van der Waals surface area (Å²) in [5.41, 5.74) is 0. The van der Waals surface area contributed by atoms with Crippen molar-refractivity contribution in [1.29, 1.82) is 0 Å². The molecule has 6 nitrogen and oxygen atoms in total. The molecule has 0 heterocycles. The lowest BCUT2D eigenvalue weighted by Gasteiger charge is -2.17. The van der Waals surface area contributed by atoms with E-state index >= 15 is 0 Å². The van der Waals surface area contributed by atoms with Gasteiger partial charge in [0.05, 0.1) is 24.3 Å². The van der Waals surface area contributed by atoms with E-state index in [1.807, 2.05) is 0 Å². The molecule has 0 aromatic heterocycles. The Balaban J connectivity index is 1.76. The van der Waals surface area contributed by atoms with Crippen molar-refractivity contribution in [1.82, 2.24) is 4.90 Å². The van der Waals surface area contributed by atoms with Crippen molar-refractivity contribution >= 4 is 15.7 Å². The molecule has 0 aliphatic rings. The van der Waals surface area contributed by atoms with E-state index in [1.165, 1.54) is 17.0 Å². The number of ether oxygens (including phenoxy) is 2. The SMILES string of the molecule is COc1ccc(OCCN(C)C(=O)CCS(=O)(=O)c2ccccc2)cc1. The zero-order valence-electron chi connectivity index (χ0n) is 14.9. The second-order valence-corrected chi connectivity index (χ2v) is 7.83. The lowest BCUT2D eigenvalue weighted by atomic mass is 10.3. The number of amides is 1. The number of carbonyl (C=O) groups is 1. The van der Waals surface area contributed by atoms with E-state index < -0.39 is 9.84 Å². The van der Waals surface area contributed by atoms with Crippen LogP contribution in [-0.4, -0.2) is 52.3 Å². The number of benzene rings is 2. The van der Waals surface area contributed by atoms with Crippen molar-refractivity contribution in [3.05, 3.63) is 54.6 Å². The molecule has 2 aromatic carbocycles. The minimum Gasteiger partial charge on any atom is -0.497 e. The Bertz CT molecular complexity index is 804. The van der Waals surface area contributed by atoms with Gasteiger partial charge in [0.2, 0.25) is 5.91 Å². The molecule has 1 amide bonds. The molecule has 0 aliphatic heterocycles. The third-order valence-corrected chi connectivity index (χ3v) is 5.60. The van der Waals surface area contributed by atoms with Crippen LogP contribution in [0, 0.1) is 0 Å². The van der Waals surface area contributed by atoms with Gasteiger partial charge in [-0.25, -0.2) is 8.42 Å². The van der Waals surface area contributed by atoms with Crippen molar-refractivity contribution in [2.75, 3.05) is 33.1 Å². The first-order chi connectivity index (χ1) is 12.4. The summed E-state index contributed by atoms with van der Waals surface area (Å²) in [5, 5.41) is 0. The van der Waals surface area contributed by atoms with Gasteiger partial charge in [-0.05, 0) is 36.4 Å². The first kappa shape index (κ1) is 19.8. The van der Waals surface area contributed by atoms with E-state index in [1.54, 1.807) is 56.6 Å². The summed E-state index contributed by atoms with van der Waals surface area (Å²) in [6, 6.07) is 15.3. The molecule has 2 rings (SSSR count). The van der Waals surface area contributed by atoms with Crippen molar-refractivity contribution in [3.8, 4) is 11.5 Å². The lowest BCUT2D eigenvalue weighted by Crippen LogP contribution is -2.32. The minimum atomic E-state index is -3.45. The van der Waals surface area contributed by atoms with E-state index in [0.29, 0.717) is 18.9 Å². The van der Waals surface area contributed by atoms with E-state index in [4.69, 9.17) is 9.47 Å². The van der Waals surface area contributed by atoms with Gasteiger partial charge in [-0.1, -0.05) is 18.2 Å². The topological polar surface area (TPSA) is 72.9 Å². The molecule has 0 saturated carbocycles. The van der Waals surface area contributed by atoms with E-state index in [0.717, 1.165) is 5.75 Å². The quantitative estimate of drug-likeness (QED) is 0.671. The zero-order chi connectivity index (χ0) is 19.0. The van der Waals surface area contributed by atoms with Crippen LogP contribution in [-0.2, 0) is 14.6 Å². The van der Waals surface area contributed by atoms with Gasteiger partial charge in [-0.2, -0.15) is 0 Å². The van der Waals surface area contributed by atoms with E-state index in [9.17, 15) is 13.2 Å². The third kappa shape index (κ3) is 5.77. The summed E-state index contributed by atoms with van der Waals surface area (Å²) in [4.78, 5) is 13.8. The van der Waals surface area contributed by atoms with Crippen LogP contribution in [0.5, 0.6) is 11.5 Å². The van der Waals surface area contributed by atoms with Crippen LogP contribution in [0.4, 0.5) is 0 Å². The van der Waals surface area contributed by atoms with Gasteiger partial charge >= 0.3 is 0 Å². The van der Waals surface area contributed by atoms with Crippen LogP contribution in [0.15, 0.2) is 59.5 Å². The molecule has 2 aromatic rings. The Hall–Kier alpha value is -2.54. The Morgan fingerprint density at radius 3 is 2.23 bits per heavy atom. The second kappa shape index (κ2) is 9.24. The van der Waals surface area contributed by atoms with Crippen LogP contribution in [0.1, 0.15) is 6.42 Å². The van der Waals surface area contributed by atoms with Crippen LogP contribution >= 0.6 is 0 Å². The number of carbonyl (C=O) groups excluding carboxylic acids is 1. The molecule has 140 valence electrons. The average Bonchev–Trinajstić information content (AvgIpc) is 2.67. The third-order valence-electron chi connectivity index (χ3n) is 3.87. The van der Waals surface area contributed by atoms with Gasteiger partial charge in [-0.3, -0.25) is 4.79 Å². The predicted octanol–water partition coefficient (Wildman–Crippen LogP) is 2.40. The highest BCUT2D eigenvalue weighted by Gasteiger charge is 2.17. The molecule has 0 radical (unpaired) electrons. The fourth-order valence-electron chi connectivity index (χ4n) is 2.26. The first-order valence-corrected chi connectivity index (χ1v) is 9.86. The highest BCUT2D eigenvalue weighted by atomic mass is 32.2. The second-order valence-electron chi connectivity index (χ2n) is 5.72. The number of sulfone groups is 1. The summed E-state index contributed by atoms with van der Waals surface area (Å²) < 4.78 is 35.1. The van der Waals surface area contributed by atoms with E-state index in [2.05, 4.69) is 0 Å². The van der Waals surface area contributed by atoms with Gasteiger partial charge in [0.15, 0.2) is 9.84 Å². The Kier molecular flexibility index (Phi) is 7.03. The van der Waals surface area contributed by atoms with Gasteiger partial charge < -0.3 is 14.4 Å². The fourth-order valence-corrected chi connectivity index (χ4v) is 3.51. The molecule has 0 bridgehead atoms. The highest BCUT2D eigenvalue weighted by Crippen LogP contribution is 2.17. The molecule has 0 saturated heterocycles. The van der Waals surface area contributed by atoms with Gasteiger partial charge in [0.1, 0.15) is 18.1 Å². The first-order valence-electron chi connectivity index (χ1n) is 8.21. The fraction of sp³-hybridized carbons (Fsp3) is 0.316. The predicted molar refractivity (Wildman–Crippen MR) is 99.2 cm³/mol. The molecule has 0 atom stereocenters. The van der Waals surface area contributed by atoms with Crippen LogP contribution in [0.25, 0.3) is 0 Å². The molecular weight excluding hydrogens is 354 g/mol. The molecular formula is C19H23NO5S. The van der Waals surface area contributed by atoms with Gasteiger partial charge in [0.25, 0.3) is 0 Å². The van der Waals surface area contributed by atoms with Crippen molar-refractivity contribution in [3.63, 3.8) is 0 Å². The molecule has 0 spiro atoms. The smallest absolute Gasteiger partial charge is 0.223 e. The van der Waals surface area contributed by atoms with Gasteiger partial charge in [-0.15, -0.1) is 0 Å². The molecule has 7 heteroatoms. The van der Waals surface area contributed by atoms with Crippen LogP contribution in [0.2, 0.25) is 0 Å². The monoisotopic (exact) mass is 377 g/mol. The Labute approximate surface area is 154 Å². The molecule has 0 aliphatic carbocycles. The maximum atomic E-state index is 12.2. The Morgan fingerprint density at radius 2 is 1.62 bits per heavy atom. The summed E-state index contributed by atoms with van der Waals surface area (Å²) in [6.45, 7) is 0.691. The minimum absolute atomic E-state index is 0.0593. The Morgan fingerprint density at radius 1 is 1.00 bits per heavy atom. The lowest BCUT2D eigenvalue weighted by molar-refractivity contribution is -0.129. The largest absolute Gasteiger partial charge is 0.497 e. The normalized spacial score (nSPS) is 11.0. The molecule has 0 N–H and O–H groups in total. The zero-order valence-corrected chi connectivity index (χ0v) is 15.7. The van der Waals surface area contributed by atoms with Crippen molar-refractivity contribution < 1.29 is 22.7 Å². The summed E-state index contributed by atoms with van der Waals surface area (Å²) in [6.07, 6.45) is -0.0593. The van der Waals surface area contributed by atoms with Gasteiger partial charge in [0, 0.05) is 13.5 Å². The maximum Gasteiger partial charge on any atom is 0.223 e. The molecule has 26 heavy (non-hydrogen) atoms. The number of hydrogen-bond acceptors (Lipinski definition) is 5. The van der Waals surface area contributed by atoms with Crippen molar-refractivity contribution in [2.45, 2.75) is 11.3 Å².